The Bertz CT molecular complexity index is 398. The van der Waals surface area contributed by atoms with Crippen molar-refractivity contribution in [1.82, 2.24) is 4.90 Å². The lowest BCUT2D eigenvalue weighted by Gasteiger charge is -2.32. The summed E-state index contributed by atoms with van der Waals surface area (Å²) in [6.45, 7) is 3.71. The molecule has 1 heterocycles. The maximum Gasteiger partial charge on any atom is 0.186 e. The van der Waals surface area contributed by atoms with E-state index in [1.54, 1.807) is 0 Å². The van der Waals surface area contributed by atoms with E-state index in [4.69, 9.17) is 0 Å². The van der Waals surface area contributed by atoms with E-state index in [-0.39, 0.29) is 5.78 Å². The van der Waals surface area contributed by atoms with Gasteiger partial charge in [0.15, 0.2) is 5.78 Å². The van der Waals surface area contributed by atoms with E-state index in [0.717, 1.165) is 15.2 Å². The molecule has 0 aliphatic heterocycles. The number of Topliss-reactive ketones (excluding diaryl/α,β-unsaturated/α-hetero) is 1. The summed E-state index contributed by atoms with van der Waals surface area (Å²) in [4.78, 5) is 15.4. The van der Waals surface area contributed by atoms with Crippen LogP contribution in [0.1, 0.15) is 48.7 Å². The van der Waals surface area contributed by atoms with Gasteiger partial charge in [-0.25, -0.2) is 0 Å². The Labute approximate surface area is 122 Å². The number of ketones is 1. The molecule has 4 heteroatoms. The van der Waals surface area contributed by atoms with E-state index in [2.05, 4.69) is 27.8 Å². The molecule has 0 N–H and O–H groups in total. The second-order valence-electron chi connectivity index (χ2n) is 4.88. The highest BCUT2D eigenvalue weighted by Gasteiger charge is 2.22. The van der Waals surface area contributed by atoms with E-state index >= 15 is 0 Å². The largest absolute Gasteiger partial charge is 0.293 e. The molecule has 2 nitrogen and oxygen atoms in total. The van der Waals surface area contributed by atoms with Crippen LogP contribution in [0.2, 0.25) is 0 Å². The molecule has 1 aliphatic rings. The number of hydrogen-bond acceptors (Lipinski definition) is 3. The molecule has 0 atom stereocenters. The highest BCUT2D eigenvalue weighted by molar-refractivity contribution is 9.11. The van der Waals surface area contributed by atoms with Gasteiger partial charge in [-0.1, -0.05) is 26.2 Å². The fraction of sp³-hybridized carbons (Fsp3) is 0.643. The number of hydrogen-bond donors (Lipinski definition) is 0. The van der Waals surface area contributed by atoms with Gasteiger partial charge in [-0.2, -0.15) is 0 Å². The van der Waals surface area contributed by atoms with Crippen molar-refractivity contribution in [2.45, 2.75) is 45.1 Å². The molecule has 0 bridgehead atoms. The summed E-state index contributed by atoms with van der Waals surface area (Å²) in [5.41, 5.74) is 0. The minimum Gasteiger partial charge on any atom is -0.293 e. The molecule has 2 rings (SSSR count). The molecular formula is C14H20BrNOS. The molecule has 0 spiro atoms. The summed E-state index contributed by atoms with van der Waals surface area (Å²) in [7, 11) is 0. The van der Waals surface area contributed by atoms with Gasteiger partial charge in [0.2, 0.25) is 0 Å². The van der Waals surface area contributed by atoms with E-state index in [0.29, 0.717) is 12.6 Å². The average Bonchev–Trinajstić information content (AvgIpc) is 2.83. The maximum absolute atomic E-state index is 12.2. The Hall–Kier alpha value is -0.190. The SMILES string of the molecule is CCN(CC(=O)c1ccc(Br)s1)C1CCCCC1. The molecule has 0 unspecified atom stereocenters. The first-order valence-electron chi connectivity index (χ1n) is 6.73. The van der Waals surface area contributed by atoms with Crippen LogP contribution < -0.4 is 0 Å². The zero-order valence-corrected chi connectivity index (χ0v) is 13.2. The Balaban J connectivity index is 1.95. The highest BCUT2D eigenvalue weighted by atomic mass is 79.9. The topological polar surface area (TPSA) is 20.3 Å². The molecule has 1 aliphatic carbocycles. The van der Waals surface area contributed by atoms with Gasteiger partial charge in [-0.3, -0.25) is 9.69 Å². The standard InChI is InChI=1S/C14H20BrNOS/c1-2-16(11-6-4-3-5-7-11)10-12(17)13-8-9-14(15)18-13/h8-9,11H,2-7,10H2,1H3. The van der Waals surface area contributed by atoms with Gasteiger partial charge >= 0.3 is 0 Å². The number of rotatable bonds is 5. The summed E-state index contributed by atoms with van der Waals surface area (Å²) in [5.74, 6) is 0.262. The van der Waals surface area contributed by atoms with Crippen molar-refractivity contribution in [3.05, 3.63) is 20.8 Å². The van der Waals surface area contributed by atoms with Gasteiger partial charge in [0.05, 0.1) is 15.2 Å². The molecule has 0 aromatic carbocycles. The normalized spacial score (nSPS) is 17.3. The van der Waals surface area contributed by atoms with Gasteiger partial charge in [-0.15, -0.1) is 11.3 Å². The fourth-order valence-electron chi connectivity index (χ4n) is 2.67. The lowest BCUT2D eigenvalue weighted by Crippen LogP contribution is -2.40. The average molecular weight is 330 g/mol. The molecular weight excluding hydrogens is 310 g/mol. The van der Waals surface area contributed by atoms with Crippen molar-refractivity contribution in [2.24, 2.45) is 0 Å². The van der Waals surface area contributed by atoms with Crippen LogP contribution in [0, 0.1) is 0 Å². The summed E-state index contributed by atoms with van der Waals surface area (Å²) in [5, 5.41) is 0. The molecule has 100 valence electrons. The monoisotopic (exact) mass is 329 g/mol. The van der Waals surface area contributed by atoms with Crippen molar-refractivity contribution < 1.29 is 4.79 Å². The second kappa shape index (κ2) is 6.83. The van der Waals surface area contributed by atoms with Crippen molar-refractivity contribution in [1.29, 1.82) is 0 Å². The zero-order chi connectivity index (χ0) is 13.0. The van der Waals surface area contributed by atoms with Crippen LogP contribution >= 0.6 is 27.3 Å². The zero-order valence-electron chi connectivity index (χ0n) is 10.8. The van der Waals surface area contributed by atoms with Gasteiger partial charge < -0.3 is 0 Å². The van der Waals surface area contributed by atoms with Crippen molar-refractivity contribution >= 4 is 33.0 Å². The van der Waals surface area contributed by atoms with Gasteiger partial charge in [-0.05, 0) is 47.4 Å². The predicted molar refractivity (Wildman–Crippen MR) is 80.5 cm³/mol. The van der Waals surface area contributed by atoms with Crippen molar-refractivity contribution in [2.75, 3.05) is 13.1 Å². The Morgan fingerprint density at radius 3 is 2.67 bits per heavy atom. The van der Waals surface area contributed by atoms with E-state index < -0.39 is 0 Å². The van der Waals surface area contributed by atoms with E-state index in [1.165, 1.54) is 43.4 Å². The molecule has 1 aromatic rings. The first-order valence-corrected chi connectivity index (χ1v) is 8.34. The van der Waals surface area contributed by atoms with Crippen LogP contribution in [0.15, 0.2) is 15.9 Å². The Morgan fingerprint density at radius 1 is 1.39 bits per heavy atom. The quantitative estimate of drug-likeness (QED) is 0.748. The molecule has 18 heavy (non-hydrogen) atoms. The highest BCUT2D eigenvalue weighted by Crippen LogP contribution is 2.25. The van der Waals surface area contributed by atoms with Gasteiger partial charge in [0.1, 0.15) is 0 Å². The Kier molecular flexibility index (Phi) is 5.39. The third-order valence-corrected chi connectivity index (χ3v) is 5.36. The number of halogens is 1. The minimum atomic E-state index is 0.262. The molecule has 0 radical (unpaired) electrons. The van der Waals surface area contributed by atoms with Gasteiger partial charge in [0.25, 0.3) is 0 Å². The maximum atomic E-state index is 12.2. The first-order chi connectivity index (χ1) is 8.70. The number of likely N-dealkylation sites (N-methyl/N-ethyl adjacent to an activating group) is 1. The first kappa shape index (κ1) is 14.2. The number of nitrogens with zero attached hydrogens (tertiary/aromatic N) is 1. The summed E-state index contributed by atoms with van der Waals surface area (Å²) < 4.78 is 1.03. The number of carbonyl (C=O) groups excluding carboxylic acids is 1. The lowest BCUT2D eigenvalue weighted by atomic mass is 9.94. The van der Waals surface area contributed by atoms with Gasteiger partial charge in [0, 0.05) is 6.04 Å². The number of carbonyl (C=O) groups is 1. The lowest BCUT2D eigenvalue weighted by molar-refractivity contribution is 0.0872. The smallest absolute Gasteiger partial charge is 0.186 e. The van der Waals surface area contributed by atoms with Crippen LogP contribution in [0.4, 0.5) is 0 Å². The minimum absolute atomic E-state index is 0.262. The second-order valence-corrected chi connectivity index (χ2v) is 7.34. The van der Waals surface area contributed by atoms with E-state index in [9.17, 15) is 4.79 Å². The summed E-state index contributed by atoms with van der Waals surface area (Å²) in [6, 6.07) is 4.50. The number of thiophene rings is 1. The molecule has 1 aromatic heterocycles. The van der Waals surface area contributed by atoms with Crippen molar-refractivity contribution in [3.63, 3.8) is 0 Å². The summed E-state index contributed by atoms with van der Waals surface area (Å²) in [6.07, 6.45) is 6.52. The van der Waals surface area contributed by atoms with Crippen molar-refractivity contribution in [3.8, 4) is 0 Å². The molecule has 0 saturated heterocycles. The van der Waals surface area contributed by atoms with Crippen LogP contribution in [0.5, 0.6) is 0 Å². The van der Waals surface area contributed by atoms with Crippen LogP contribution in [-0.2, 0) is 0 Å². The summed E-state index contributed by atoms with van der Waals surface area (Å²) >= 11 is 4.95. The molecule has 1 saturated carbocycles. The fourth-order valence-corrected chi connectivity index (χ4v) is 3.99. The molecule has 0 amide bonds. The van der Waals surface area contributed by atoms with Crippen LogP contribution in [-0.4, -0.2) is 29.8 Å². The van der Waals surface area contributed by atoms with E-state index in [1.807, 2.05) is 12.1 Å². The third kappa shape index (κ3) is 3.65. The van der Waals surface area contributed by atoms with Crippen LogP contribution in [0.3, 0.4) is 0 Å². The third-order valence-electron chi connectivity index (χ3n) is 3.69. The predicted octanol–water partition coefficient (Wildman–Crippen LogP) is 4.35. The van der Waals surface area contributed by atoms with Crippen LogP contribution in [0.25, 0.3) is 0 Å². The molecule has 1 fully saturated rings. The Morgan fingerprint density at radius 2 is 2.11 bits per heavy atom.